The smallest absolute Gasteiger partial charge is 0.227 e. The Morgan fingerprint density at radius 2 is 2.06 bits per heavy atom. The Morgan fingerprint density at radius 1 is 1.41 bits per heavy atom. The maximum Gasteiger partial charge on any atom is 0.227 e. The average molecular weight is 236 g/mol. The number of nitrogens with one attached hydrogen (secondary N) is 1. The second-order valence-electron chi connectivity index (χ2n) is 5.24. The number of carbonyl (C=O) groups excluding carboxylic acids is 1. The highest BCUT2D eigenvalue weighted by Gasteiger charge is 2.40. The molecule has 0 spiro atoms. The van der Waals surface area contributed by atoms with Crippen molar-refractivity contribution in [3.63, 3.8) is 0 Å². The summed E-state index contributed by atoms with van der Waals surface area (Å²) in [5.74, 6) is -0.0874. The Balaban J connectivity index is 2.62. The summed E-state index contributed by atoms with van der Waals surface area (Å²) in [7, 11) is 0. The maximum atomic E-state index is 12.0. The van der Waals surface area contributed by atoms with Crippen LogP contribution in [0.3, 0.4) is 0 Å². The van der Waals surface area contributed by atoms with Crippen LogP contribution in [0.15, 0.2) is 18.3 Å². The van der Waals surface area contributed by atoms with Gasteiger partial charge in [-0.2, -0.15) is 10.2 Å². The molecule has 17 heavy (non-hydrogen) atoms. The van der Waals surface area contributed by atoms with Gasteiger partial charge in [-0.15, -0.1) is 0 Å². The number of nitrogens with two attached hydrogens (primary N) is 1. The van der Waals surface area contributed by atoms with Crippen LogP contribution in [0, 0.1) is 5.41 Å². The third-order valence-electron chi connectivity index (χ3n) is 3.24. The van der Waals surface area contributed by atoms with Gasteiger partial charge >= 0.3 is 0 Å². The second-order valence-corrected chi connectivity index (χ2v) is 5.24. The Labute approximate surface area is 102 Å². The van der Waals surface area contributed by atoms with Crippen LogP contribution >= 0.6 is 0 Å². The number of amides is 1. The number of rotatable bonds is 4. The van der Waals surface area contributed by atoms with E-state index >= 15 is 0 Å². The molecule has 0 unspecified atom stereocenters. The number of hydrogen-bond donors (Lipinski definition) is 2. The first-order valence-electron chi connectivity index (χ1n) is 5.59. The van der Waals surface area contributed by atoms with Crippen molar-refractivity contribution >= 4 is 5.91 Å². The van der Waals surface area contributed by atoms with Crippen LogP contribution in [0.4, 0.5) is 0 Å². The molecule has 0 fully saturated rings. The lowest BCUT2D eigenvalue weighted by Gasteiger charge is -2.36. The molecule has 0 aliphatic heterocycles. The van der Waals surface area contributed by atoms with Gasteiger partial charge in [-0.3, -0.25) is 4.79 Å². The van der Waals surface area contributed by atoms with Crippen molar-refractivity contribution in [2.45, 2.75) is 39.8 Å². The van der Waals surface area contributed by atoms with Crippen LogP contribution in [0.1, 0.15) is 33.4 Å². The molecule has 1 amide bonds. The summed E-state index contributed by atoms with van der Waals surface area (Å²) in [6.45, 7) is 7.72. The summed E-state index contributed by atoms with van der Waals surface area (Å²) in [6, 6.07) is 3.60. The van der Waals surface area contributed by atoms with Gasteiger partial charge in [0.2, 0.25) is 5.91 Å². The molecule has 3 N–H and O–H groups in total. The Hall–Kier alpha value is -1.49. The van der Waals surface area contributed by atoms with Crippen molar-refractivity contribution in [1.29, 1.82) is 0 Å². The van der Waals surface area contributed by atoms with Crippen LogP contribution in [0.25, 0.3) is 0 Å². The molecule has 1 aromatic heterocycles. The standard InChI is InChI=1S/C12H20N4O/c1-11(2,12(3,4)13)10(17)14-8-9-6-5-7-15-16-9/h5-7H,8,13H2,1-4H3,(H,14,17). The monoisotopic (exact) mass is 236 g/mol. The fourth-order valence-corrected chi connectivity index (χ4v) is 1.11. The highest BCUT2D eigenvalue weighted by atomic mass is 16.2. The molecule has 0 bridgehead atoms. The molecule has 94 valence electrons. The molecule has 0 aliphatic rings. The van der Waals surface area contributed by atoms with Gasteiger partial charge in [-0.05, 0) is 39.8 Å². The second kappa shape index (κ2) is 4.79. The number of hydrogen-bond acceptors (Lipinski definition) is 4. The summed E-state index contributed by atoms with van der Waals surface area (Å²) in [5, 5.41) is 10.5. The van der Waals surface area contributed by atoms with Crippen LogP contribution < -0.4 is 11.1 Å². The lowest BCUT2D eigenvalue weighted by molar-refractivity contribution is -0.132. The van der Waals surface area contributed by atoms with Crippen molar-refractivity contribution in [3.8, 4) is 0 Å². The minimum Gasteiger partial charge on any atom is -0.350 e. The minimum absolute atomic E-state index is 0.0874. The fourth-order valence-electron chi connectivity index (χ4n) is 1.11. The van der Waals surface area contributed by atoms with Gasteiger partial charge in [-0.1, -0.05) is 0 Å². The van der Waals surface area contributed by atoms with Crippen molar-refractivity contribution in [2.75, 3.05) is 0 Å². The SMILES string of the molecule is CC(C)(N)C(C)(C)C(=O)NCc1cccnn1. The summed E-state index contributed by atoms with van der Waals surface area (Å²) < 4.78 is 0. The van der Waals surface area contributed by atoms with Crippen molar-refractivity contribution in [2.24, 2.45) is 11.1 Å². The Bertz CT molecular complexity index is 381. The topological polar surface area (TPSA) is 80.9 Å². The van der Waals surface area contributed by atoms with E-state index in [1.54, 1.807) is 12.3 Å². The fraction of sp³-hybridized carbons (Fsp3) is 0.583. The van der Waals surface area contributed by atoms with Gasteiger partial charge in [-0.25, -0.2) is 0 Å². The maximum absolute atomic E-state index is 12.0. The molecule has 0 saturated heterocycles. The third kappa shape index (κ3) is 3.23. The molecule has 0 aliphatic carbocycles. The first-order chi connectivity index (χ1) is 7.75. The van der Waals surface area contributed by atoms with E-state index in [1.165, 1.54) is 0 Å². The lowest BCUT2D eigenvalue weighted by Crippen LogP contribution is -2.55. The molecule has 5 heteroatoms. The van der Waals surface area contributed by atoms with Gasteiger partial charge in [0.05, 0.1) is 17.7 Å². The molecular formula is C12H20N4O. The molecule has 0 radical (unpaired) electrons. The molecular weight excluding hydrogens is 216 g/mol. The summed E-state index contributed by atoms with van der Waals surface area (Å²) >= 11 is 0. The van der Waals surface area contributed by atoms with Crippen molar-refractivity contribution < 1.29 is 4.79 Å². The van der Waals surface area contributed by atoms with E-state index in [2.05, 4.69) is 15.5 Å². The van der Waals surface area contributed by atoms with Gasteiger partial charge in [0.25, 0.3) is 0 Å². The molecule has 5 nitrogen and oxygen atoms in total. The van der Waals surface area contributed by atoms with E-state index in [0.717, 1.165) is 5.69 Å². The van der Waals surface area contributed by atoms with Crippen LogP contribution in [0.5, 0.6) is 0 Å². The highest BCUT2D eigenvalue weighted by Crippen LogP contribution is 2.28. The lowest BCUT2D eigenvalue weighted by atomic mass is 9.74. The van der Waals surface area contributed by atoms with Crippen LogP contribution in [0.2, 0.25) is 0 Å². The van der Waals surface area contributed by atoms with E-state index in [0.29, 0.717) is 6.54 Å². The van der Waals surface area contributed by atoms with Gasteiger partial charge in [0.15, 0.2) is 0 Å². The summed E-state index contributed by atoms with van der Waals surface area (Å²) in [4.78, 5) is 12.0. The first-order valence-corrected chi connectivity index (χ1v) is 5.59. The summed E-state index contributed by atoms with van der Waals surface area (Å²) in [5.41, 5.74) is 5.50. The highest BCUT2D eigenvalue weighted by molar-refractivity contribution is 5.83. The normalized spacial score (nSPS) is 12.3. The summed E-state index contributed by atoms with van der Waals surface area (Å²) in [6.07, 6.45) is 1.60. The Kier molecular flexibility index (Phi) is 3.83. The molecule has 0 saturated carbocycles. The molecule has 1 rings (SSSR count). The zero-order valence-corrected chi connectivity index (χ0v) is 10.8. The average Bonchev–Trinajstić information content (AvgIpc) is 2.25. The first kappa shape index (κ1) is 13.6. The van der Waals surface area contributed by atoms with Crippen molar-refractivity contribution in [1.82, 2.24) is 15.5 Å². The molecule has 1 aromatic rings. The quantitative estimate of drug-likeness (QED) is 0.812. The van der Waals surface area contributed by atoms with Crippen molar-refractivity contribution in [3.05, 3.63) is 24.0 Å². The molecule has 1 heterocycles. The van der Waals surface area contributed by atoms with E-state index in [-0.39, 0.29) is 5.91 Å². The van der Waals surface area contributed by atoms with E-state index < -0.39 is 11.0 Å². The van der Waals surface area contributed by atoms with Crippen LogP contribution in [-0.4, -0.2) is 21.6 Å². The largest absolute Gasteiger partial charge is 0.350 e. The van der Waals surface area contributed by atoms with Crippen LogP contribution in [-0.2, 0) is 11.3 Å². The number of aromatic nitrogens is 2. The van der Waals surface area contributed by atoms with E-state index in [4.69, 9.17) is 5.73 Å². The molecule has 0 atom stereocenters. The zero-order chi connectivity index (χ0) is 13.1. The number of nitrogens with zero attached hydrogens (tertiary/aromatic N) is 2. The number of carbonyl (C=O) groups is 1. The van der Waals surface area contributed by atoms with E-state index in [9.17, 15) is 4.79 Å². The predicted molar refractivity (Wildman–Crippen MR) is 65.9 cm³/mol. The Morgan fingerprint density at radius 3 is 2.53 bits per heavy atom. The minimum atomic E-state index is -0.644. The van der Waals surface area contributed by atoms with Gasteiger partial charge < -0.3 is 11.1 Å². The van der Waals surface area contributed by atoms with Gasteiger partial charge in [0.1, 0.15) is 0 Å². The van der Waals surface area contributed by atoms with E-state index in [1.807, 2.05) is 33.8 Å². The third-order valence-corrected chi connectivity index (χ3v) is 3.24. The predicted octanol–water partition coefficient (Wildman–Crippen LogP) is 0.856. The van der Waals surface area contributed by atoms with Gasteiger partial charge in [0, 0.05) is 11.7 Å². The zero-order valence-electron chi connectivity index (χ0n) is 10.8. The molecule has 0 aromatic carbocycles.